The van der Waals surface area contributed by atoms with Crippen LogP contribution in [0.4, 0.5) is 0 Å². The first-order valence-corrected chi connectivity index (χ1v) is 18.6. The minimum atomic E-state index is -0.990. The second-order valence-electron chi connectivity index (χ2n) is 17.3. The van der Waals surface area contributed by atoms with Crippen LogP contribution in [0.2, 0.25) is 0 Å². The standard InChI is InChI=1S/C24H32O4.C18H22O2/c1-14-12-18-19(22(4)9-6-17(27)13-21(14)22)7-10-23(5)20(18)8-11-24(23,15(2)25)28-16(3)26;1-18-9-8-14-13-5-3-12(19)10-11(13)2-4-15(14)16(18)6-7-17(18)20/h12-13,18-20H,6-11H2,1-5H3;3,5,10,14-16,19H,2,4,6-9H2,1H3/t18-,19+,20+,22-,23+,24+;14-,15-,16+,18+/m11/s1. The van der Waals surface area contributed by atoms with Crippen molar-refractivity contribution in [3.63, 3.8) is 0 Å². The van der Waals surface area contributed by atoms with Gasteiger partial charge in [-0.1, -0.05) is 38.5 Å². The average Bonchev–Trinajstić information content (AvgIpc) is 3.51. The normalized spacial score (nSPS) is 42.3. The maximum absolute atomic E-state index is 12.8. The largest absolute Gasteiger partial charge is 0.508 e. The van der Waals surface area contributed by atoms with Crippen molar-refractivity contribution >= 4 is 23.3 Å². The highest BCUT2D eigenvalue weighted by Crippen LogP contribution is 2.68. The third-order valence-electron chi connectivity index (χ3n) is 15.3. The number of hydrogen-bond acceptors (Lipinski definition) is 6. The van der Waals surface area contributed by atoms with Gasteiger partial charge in [0.15, 0.2) is 17.2 Å². The Morgan fingerprint density at radius 2 is 1.58 bits per heavy atom. The predicted molar refractivity (Wildman–Crippen MR) is 184 cm³/mol. The van der Waals surface area contributed by atoms with E-state index in [1.54, 1.807) is 6.92 Å². The molecule has 7 aliphatic rings. The van der Waals surface area contributed by atoms with E-state index in [9.17, 15) is 24.3 Å². The van der Waals surface area contributed by atoms with Gasteiger partial charge in [0.1, 0.15) is 11.5 Å². The highest BCUT2D eigenvalue weighted by atomic mass is 16.6. The van der Waals surface area contributed by atoms with E-state index < -0.39 is 5.60 Å². The molecule has 0 amide bonds. The number of hydrogen-bond donors (Lipinski definition) is 1. The highest BCUT2D eigenvalue weighted by molar-refractivity contribution is 5.93. The van der Waals surface area contributed by atoms with E-state index in [0.29, 0.717) is 59.9 Å². The van der Waals surface area contributed by atoms with Crippen LogP contribution in [0.5, 0.6) is 5.75 Å². The summed E-state index contributed by atoms with van der Waals surface area (Å²) in [5, 5.41) is 9.67. The van der Waals surface area contributed by atoms with Gasteiger partial charge < -0.3 is 9.84 Å². The highest BCUT2D eigenvalue weighted by Gasteiger charge is 2.67. The van der Waals surface area contributed by atoms with Crippen molar-refractivity contribution < 1.29 is 29.0 Å². The zero-order valence-corrected chi connectivity index (χ0v) is 29.8. The van der Waals surface area contributed by atoms with E-state index in [1.807, 2.05) is 18.2 Å². The topological polar surface area (TPSA) is 97.7 Å². The fourth-order valence-corrected chi connectivity index (χ4v) is 12.8. The van der Waals surface area contributed by atoms with Gasteiger partial charge in [-0.3, -0.25) is 19.2 Å². The molecular weight excluding hydrogens is 600 g/mol. The van der Waals surface area contributed by atoms with Gasteiger partial charge in [0.25, 0.3) is 0 Å². The Morgan fingerprint density at radius 1 is 0.833 bits per heavy atom. The fraction of sp³-hybridized carbons (Fsp3) is 0.667. The zero-order valence-electron chi connectivity index (χ0n) is 29.8. The molecule has 10 atom stereocenters. The lowest BCUT2D eigenvalue weighted by molar-refractivity contribution is -0.185. The summed E-state index contributed by atoms with van der Waals surface area (Å²) in [5.41, 5.74) is 3.90. The van der Waals surface area contributed by atoms with Crippen LogP contribution in [0, 0.1) is 45.8 Å². The first kappa shape index (κ1) is 33.5. The maximum atomic E-state index is 12.8. The SMILES string of the molecule is CC(=O)O[C@]1(C(C)=O)CC[C@H]2[C@@H]3C=C(C)C4=CC(=O)CC[C@]4(C)[C@H]3CC[C@@]21C.C[C@]12CC[C@@H]3c4ccc(O)cc4CC[C@H]3[C@@H]1CCC2=O. The Kier molecular flexibility index (Phi) is 8.03. The smallest absolute Gasteiger partial charge is 0.303 e. The summed E-state index contributed by atoms with van der Waals surface area (Å²) in [4.78, 5) is 49.0. The quantitative estimate of drug-likeness (QED) is 0.322. The number of esters is 1. The van der Waals surface area contributed by atoms with Gasteiger partial charge in [-0.15, -0.1) is 0 Å². The van der Waals surface area contributed by atoms with Crippen molar-refractivity contribution in [3.8, 4) is 5.75 Å². The number of phenols is 1. The lowest BCUT2D eigenvalue weighted by Gasteiger charge is -2.58. The molecule has 1 aromatic rings. The van der Waals surface area contributed by atoms with Crippen LogP contribution in [0.1, 0.15) is 129 Å². The molecule has 6 heteroatoms. The molecule has 7 aliphatic carbocycles. The van der Waals surface area contributed by atoms with Gasteiger partial charge in [0, 0.05) is 30.6 Å². The molecule has 258 valence electrons. The number of Topliss-reactive ketones (excluding diaryl/α,β-unsaturated/α-hetero) is 2. The van der Waals surface area contributed by atoms with Crippen LogP contribution in [0.15, 0.2) is 41.5 Å². The third kappa shape index (κ3) is 4.77. The molecule has 0 bridgehead atoms. The minimum Gasteiger partial charge on any atom is -0.508 e. The second-order valence-corrected chi connectivity index (χ2v) is 17.3. The molecule has 0 aromatic heterocycles. The molecule has 1 N–H and O–H groups in total. The Labute approximate surface area is 286 Å². The van der Waals surface area contributed by atoms with Crippen molar-refractivity contribution in [2.45, 2.75) is 130 Å². The van der Waals surface area contributed by atoms with E-state index in [0.717, 1.165) is 57.8 Å². The zero-order chi connectivity index (χ0) is 34.4. The minimum absolute atomic E-state index is 0.0160. The van der Waals surface area contributed by atoms with E-state index >= 15 is 0 Å². The summed E-state index contributed by atoms with van der Waals surface area (Å²) in [5.74, 6) is 3.81. The summed E-state index contributed by atoms with van der Waals surface area (Å²) in [6.45, 7) is 11.8. The van der Waals surface area contributed by atoms with Crippen LogP contribution in [0.3, 0.4) is 0 Å². The molecule has 0 heterocycles. The number of ketones is 3. The molecule has 1 aromatic carbocycles. The summed E-state index contributed by atoms with van der Waals surface area (Å²) in [6.07, 6.45) is 15.5. The Bertz CT molecular complexity index is 1630. The summed E-state index contributed by atoms with van der Waals surface area (Å²) < 4.78 is 5.82. The number of benzene rings is 1. The van der Waals surface area contributed by atoms with Crippen molar-refractivity contribution in [3.05, 3.63) is 52.6 Å². The van der Waals surface area contributed by atoms with Gasteiger partial charge in [0.05, 0.1) is 0 Å². The Hall–Kier alpha value is -3.02. The second kappa shape index (κ2) is 11.5. The number of rotatable bonds is 2. The van der Waals surface area contributed by atoms with Crippen molar-refractivity contribution in [1.82, 2.24) is 0 Å². The summed E-state index contributed by atoms with van der Waals surface area (Å²) in [7, 11) is 0. The van der Waals surface area contributed by atoms with Crippen molar-refractivity contribution in [2.75, 3.05) is 0 Å². The number of ether oxygens (including phenoxy) is 1. The number of aryl methyl sites for hydroxylation is 1. The summed E-state index contributed by atoms with van der Waals surface area (Å²) in [6, 6.07) is 5.90. The van der Waals surface area contributed by atoms with Crippen molar-refractivity contribution in [2.24, 2.45) is 45.8 Å². The number of carbonyl (C=O) groups is 4. The van der Waals surface area contributed by atoms with Gasteiger partial charge in [-0.25, -0.2) is 0 Å². The Morgan fingerprint density at radius 3 is 2.31 bits per heavy atom. The monoisotopic (exact) mass is 654 g/mol. The lowest BCUT2D eigenvalue weighted by Crippen LogP contribution is -2.58. The maximum Gasteiger partial charge on any atom is 0.303 e. The van der Waals surface area contributed by atoms with Crippen LogP contribution in [0.25, 0.3) is 0 Å². The number of allylic oxidation sites excluding steroid dienone is 4. The predicted octanol–water partition coefficient (Wildman–Crippen LogP) is 8.39. The van der Waals surface area contributed by atoms with Crippen LogP contribution >= 0.6 is 0 Å². The van der Waals surface area contributed by atoms with Gasteiger partial charge >= 0.3 is 5.97 Å². The van der Waals surface area contributed by atoms with E-state index in [2.05, 4.69) is 39.8 Å². The summed E-state index contributed by atoms with van der Waals surface area (Å²) >= 11 is 0. The fourth-order valence-electron chi connectivity index (χ4n) is 12.8. The number of phenolic OH excluding ortho intramolecular Hbond substituents is 1. The molecule has 4 fully saturated rings. The van der Waals surface area contributed by atoms with Crippen LogP contribution < -0.4 is 0 Å². The number of carbonyl (C=O) groups excluding carboxylic acids is 4. The van der Waals surface area contributed by atoms with Crippen molar-refractivity contribution in [1.29, 1.82) is 0 Å². The average molecular weight is 655 g/mol. The molecular formula is C42H54O6. The lowest BCUT2D eigenvalue weighted by atomic mass is 9.47. The third-order valence-corrected chi connectivity index (χ3v) is 15.3. The first-order valence-electron chi connectivity index (χ1n) is 18.6. The first-order chi connectivity index (χ1) is 22.6. The van der Waals surface area contributed by atoms with Gasteiger partial charge in [-0.05, 0) is 154 Å². The molecule has 48 heavy (non-hydrogen) atoms. The molecule has 0 aliphatic heterocycles. The molecule has 0 saturated heterocycles. The number of fused-ring (bicyclic) bond motifs is 10. The molecule has 0 unspecified atom stereocenters. The van der Waals surface area contributed by atoms with Crippen LogP contribution in [-0.2, 0) is 30.3 Å². The van der Waals surface area contributed by atoms with E-state index in [4.69, 9.17) is 4.74 Å². The van der Waals surface area contributed by atoms with Gasteiger partial charge in [-0.2, -0.15) is 0 Å². The molecule has 0 spiro atoms. The van der Waals surface area contributed by atoms with Gasteiger partial charge in [0.2, 0.25) is 0 Å². The van der Waals surface area contributed by atoms with Crippen LogP contribution in [-0.4, -0.2) is 34.0 Å². The number of aromatic hydroxyl groups is 1. The molecule has 4 saturated carbocycles. The molecule has 8 rings (SSSR count). The molecule has 0 radical (unpaired) electrons. The Balaban J connectivity index is 0.000000160. The molecule has 6 nitrogen and oxygen atoms in total. The van der Waals surface area contributed by atoms with E-state index in [1.165, 1.54) is 35.6 Å². The van der Waals surface area contributed by atoms with E-state index in [-0.39, 0.29) is 33.8 Å².